The highest BCUT2D eigenvalue weighted by molar-refractivity contribution is 6.19. The Morgan fingerprint density at radius 1 is 1.15 bits per heavy atom. The monoisotopic (exact) mass is 350 g/mol. The predicted octanol–water partition coefficient (Wildman–Crippen LogP) is 4.21. The summed E-state index contributed by atoms with van der Waals surface area (Å²) in [6, 6.07) is 7.75. The number of H-pyrrole nitrogens is 1. The highest BCUT2D eigenvalue weighted by Crippen LogP contribution is 2.24. The molecule has 0 aliphatic carbocycles. The lowest BCUT2D eigenvalue weighted by Crippen LogP contribution is -2.13. The summed E-state index contributed by atoms with van der Waals surface area (Å²) in [5.41, 5.74) is 4.32. The number of carbonyl (C=O) groups excluding carboxylic acids is 2. The van der Waals surface area contributed by atoms with Crippen LogP contribution in [0, 0.1) is 39.0 Å². The summed E-state index contributed by atoms with van der Waals surface area (Å²) in [4.78, 5) is 28.3. The van der Waals surface area contributed by atoms with Crippen LogP contribution in [0.15, 0.2) is 23.8 Å². The predicted molar refractivity (Wildman–Crippen MR) is 100 cm³/mol. The second-order valence-electron chi connectivity index (χ2n) is 6.20. The summed E-state index contributed by atoms with van der Waals surface area (Å²) in [5.74, 6) is -1.06. The Morgan fingerprint density at radius 2 is 1.81 bits per heavy atom. The van der Waals surface area contributed by atoms with Crippen molar-refractivity contribution in [2.24, 2.45) is 0 Å². The number of ether oxygens (including phenoxy) is 1. The largest absolute Gasteiger partial charge is 0.462 e. The molecule has 0 saturated heterocycles. The lowest BCUT2D eigenvalue weighted by molar-refractivity contribution is 0.0523. The van der Waals surface area contributed by atoms with Crippen LogP contribution < -0.4 is 0 Å². The molecule has 0 unspecified atom stereocenters. The number of aromatic nitrogens is 1. The summed E-state index contributed by atoms with van der Waals surface area (Å²) >= 11 is 0. The maximum absolute atomic E-state index is 13.0. The number of esters is 1. The van der Waals surface area contributed by atoms with E-state index in [4.69, 9.17) is 4.74 Å². The molecule has 1 heterocycles. The molecule has 1 N–H and O–H groups in total. The van der Waals surface area contributed by atoms with Gasteiger partial charge in [-0.15, -0.1) is 0 Å². The molecule has 0 saturated carbocycles. The number of rotatable bonds is 5. The van der Waals surface area contributed by atoms with Gasteiger partial charge in [-0.2, -0.15) is 5.26 Å². The van der Waals surface area contributed by atoms with Crippen molar-refractivity contribution >= 4 is 17.8 Å². The van der Waals surface area contributed by atoms with Gasteiger partial charge in [0.05, 0.1) is 17.7 Å². The van der Waals surface area contributed by atoms with Gasteiger partial charge in [0.2, 0.25) is 5.78 Å². The Morgan fingerprint density at radius 3 is 2.38 bits per heavy atom. The zero-order chi connectivity index (χ0) is 19.4. The molecule has 0 fully saturated rings. The Kier molecular flexibility index (Phi) is 5.78. The third kappa shape index (κ3) is 3.75. The second-order valence-corrected chi connectivity index (χ2v) is 6.20. The number of hydrogen-bond donors (Lipinski definition) is 1. The molecule has 0 amide bonds. The summed E-state index contributed by atoms with van der Waals surface area (Å²) in [6.45, 7) is 9.22. The van der Waals surface area contributed by atoms with Crippen LogP contribution in [0.25, 0.3) is 6.08 Å². The molecule has 1 aromatic carbocycles. The van der Waals surface area contributed by atoms with Crippen LogP contribution in [0.2, 0.25) is 0 Å². The smallest absolute Gasteiger partial charge is 0.340 e. The first kappa shape index (κ1) is 19.2. The van der Waals surface area contributed by atoms with Crippen molar-refractivity contribution in [2.75, 3.05) is 6.61 Å². The SMILES string of the molecule is CCOC(=O)c1c(C)[nH]c(C)c1C(=O)/C(C#N)=C/c1ccc(C)cc1C. The molecule has 0 bridgehead atoms. The number of nitriles is 1. The number of nitrogens with zero attached hydrogens (tertiary/aromatic N) is 1. The van der Waals surface area contributed by atoms with E-state index in [-0.39, 0.29) is 23.3 Å². The molecule has 0 radical (unpaired) electrons. The number of aryl methyl sites for hydroxylation is 4. The molecule has 0 spiro atoms. The van der Waals surface area contributed by atoms with Crippen molar-refractivity contribution in [3.63, 3.8) is 0 Å². The normalized spacial score (nSPS) is 11.2. The number of allylic oxidation sites excluding steroid dienone is 1. The second kappa shape index (κ2) is 7.83. The van der Waals surface area contributed by atoms with Gasteiger partial charge in [0, 0.05) is 11.4 Å². The third-order valence-electron chi connectivity index (χ3n) is 4.17. The average Bonchev–Trinajstić information content (AvgIpc) is 2.88. The minimum Gasteiger partial charge on any atom is -0.462 e. The maximum Gasteiger partial charge on any atom is 0.340 e. The minimum absolute atomic E-state index is 0.0235. The summed E-state index contributed by atoms with van der Waals surface area (Å²) in [5, 5.41) is 9.53. The van der Waals surface area contributed by atoms with Crippen molar-refractivity contribution in [1.29, 1.82) is 5.26 Å². The fourth-order valence-electron chi connectivity index (χ4n) is 2.95. The van der Waals surface area contributed by atoms with E-state index in [1.54, 1.807) is 26.8 Å². The van der Waals surface area contributed by atoms with E-state index in [0.717, 1.165) is 16.7 Å². The molecule has 2 aromatic rings. The zero-order valence-corrected chi connectivity index (χ0v) is 15.7. The molecule has 5 nitrogen and oxygen atoms in total. The van der Waals surface area contributed by atoms with Crippen LogP contribution in [-0.2, 0) is 4.74 Å². The highest BCUT2D eigenvalue weighted by atomic mass is 16.5. The fraction of sp³-hybridized carbons (Fsp3) is 0.286. The molecule has 5 heteroatoms. The van der Waals surface area contributed by atoms with E-state index >= 15 is 0 Å². The van der Waals surface area contributed by atoms with E-state index in [2.05, 4.69) is 4.98 Å². The maximum atomic E-state index is 13.0. The van der Waals surface area contributed by atoms with Crippen molar-refractivity contribution in [3.8, 4) is 6.07 Å². The first-order valence-electron chi connectivity index (χ1n) is 8.40. The van der Waals surface area contributed by atoms with E-state index in [1.807, 2.05) is 38.1 Å². The van der Waals surface area contributed by atoms with Gasteiger partial charge in [-0.25, -0.2) is 4.79 Å². The Hall–Kier alpha value is -3.13. The molecule has 0 aliphatic rings. The lowest BCUT2D eigenvalue weighted by atomic mass is 9.96. The van der Waals surface area contributed by atoms with Crippen molar-refractivity contribution in [2.45, 2.75) is 34.6 Å². The number of benzene rings is 1. The molecule has 0 atom stereocenters. The summed E-state index contributed by atoms with van der Waals surface area (Å²) in [6.07, 6.45) is 1.56. The van der Waals surface area contributed by atoms with E-state index in [9.17, 15) is 14.9 Å². The van der Waals surface area contributed by atoms with E-state index in [1.165, 1.54) is 0 Å². The molecule has 134 valence electrons. The number of ketones is 1. The number of aromatic amines is 1. The molecule has 2 rings (SSSR count). The van der Waals surface area contributed by atoms with Crippen molar-refractivity contribution < 1.29 is 14.3 Å². The van der Waals surface area contributed by atoms with E-state index in [0.29, 0.717) is 11.4 Å². The lowest BCUT2D eigenvalue weighted by Gasteiger charge is -2.06. The highest BCUT2D eigenvalue weighted by Gasteiger charge is 2.27. The Bertz CT molecular complexity index is 943. The first-order chi connectivity index (χ1) is 12.3. The van der Waals surface area contributed by atoms with Gasteiger partial charge in [-0.05, 0) is 51.8 Å². The molecular weight excluding hydrogens is 328 g/mol. The van der Waals surface area contributed by atoms with Gasteiger partial charge < -0.3 is 9.72 Å². The molecule has 0 aliphatic heterocycles. The topological polar surface area (TPSA) is 83.0 Å². The third-order valence-corrected chi connectivity index (χ3v) is 4.17. The van der Waals surface area contributed by atoms with Crippen LogP contribution in [0.1, 0.15) is 55.7 Å². The van der Waals surface area contributed by atoms with Gasteiger partial charge >= 0.3 is 5.97 Å². The number of nitrogens with one attached hydrogen (secondary N) is 1. The molecule has 26 heavy (non-hydrogen) atoms. The Balaban J connectivity index is 2.55. The number of Topliss-reactive ketones (excluding diaryl/α,β-unsaturated/α-hetero) is 1. The fourth-order valence-corrected chi connectivity index (χ4v) is 2.95. The Labute approximate surface area is 153 Å². The van der Waals surface area contributed by atoms with Crippen LogP contribution in [0.3, 0.4) is 0 Å². The van der Waals surface area contributed by atoms with Crippen molar-refractivity contribution in [1.82, 2.24) is 4.98 Å². The van der Waals surface area contributed by atoms with Crippen molar-refractivity contribution in [3.05, 3.63) is 63.0 Å². The number of carbonyl (C=O) groups is 2. The summed E-state index contributed by atoms with van der Waals surface area (Å²) < 4.78 is 5.06. The van der Waals surface area contributed by atoms with Gasteiger partial charge in [-0.1, -0.05) is 23.8 Å². The van der Waals surface area contributed by atoms with Crippen LogP contribution >= 0.6 is 0 Å². The average molecular weight is 350 g/mol. The zero-order valence-electron chi connectivity index (χ0n) is 15.7. The first-order valence-corrected chi connectivity index (χ1v) is 8.40. The van der Waals surface area contributed by atoms with Gasteiger partial charge in [-0.3, -0.25) is 4.79 Å². The summed E-state index contributed by atoms with van der Waals surface area (Å²) in [7, 11) is 0. The standard InChI is InChI=1S/C21H22N2O3/c1-6-26-21(25)19-15(5)23-14(4)18(19)20(24)17(11-22)10-16-8-7-12(2)9-13(16)3/h7-10,23H,6H2,1-5H3/b17-10+. The van der Waals surface area contributed by atoms with Gasteiger partial charge in [0.1, 0.15) is 11.6 Å². The molecule has 1 aromatic heterocycles. The van der Waals surface area contributed by atoms with Gasteiger partial charge in [0.15, 0.2) is 0 Å². The number of hydrogen-bond acceptors (Lipinski definition) is 4. The van der Waals surface area contributed by atoms with Gasteiger partial charge in [0.25, 0.3) is 0 Å². The van der Waals surface area contributed by atoms with E-state index < -0.39 is 11.8 Å². The van der Waals surface area contributed by atoms with Crippen LogP contribution in [0.4, 0.5) is 0 Å². The minimum atomic E-state index is -0.568. The van der Waals surface area contributed by atoms with Crippen LogP contribution in [-0.4, -0.2) is 23.3 Å². The quantitative estimate of drug-likeness (QED) is 0.379. The van der Waals surface area contributed by atoms with Crippen LogP contribution in [0.5, 0.6) is 0 Å². The molecular formula is C21H22N2O3.